The van der Waals surface area contributed by atoms with Crippen molar-refractivity contribution in [2.24, 2.45) is 7.05 Å². The molecule has 2 heterocycles. The summed E-state index contributed by atoms with van der Waals surface area (Å²) in [6.45, 7) is 3.23. The van der Waals surface area contributed by atoms with Crippen LogP contribution in [-0.2, 0) is 28.3 Å². The maximum atomic E-state index is 12.3. The summed E-state index contributed by atoms with van der Waals surface area (Å²) in [6, 6.07) is 3.45. The molecule has 1 N–H and O–H groups in total. The second kappa shape index (κ2) is 5.72. The summed E-state index contributed by atoms with van der Waals surface area (Å²) < 4.78 is 33.1. The molecule has 0 bridgehead atoms. The van der Waals surface area contributed by atoms with E-state index in [0.29, 0.717) is 23.6 Å². The van der Waals surface area contributed by atoms with Gasteiger partial charge in [0.1, 0.15) is 10.7 Å². The van der Waals surface area contributed by atoms with Crippen LogP contribution < -0.4 is 4.72 Å². The molecule has 2 aromatic heterocycles. The molecule has 0 aromatic carbocycles. The van der Waals surface area contributed by atoms with Gasteiger partial charge in [-0.1, -0.05) is 0 Å². The lowest BCUT2D eigenvalue weighted by Crippen LogP contribution is -2.31. The zero-order valence-electron chi connectivity index (χ0n) is 12.1. The molecule has 0 fully saturated rings. The van der Waals surface area contributed by atoms with Crippen molar-refractivity contribution in [3.05, 3.63) is 35.5 Å². The van der Waals surface area contributed by atoms with E-state index in [-0.39, 0.29) is 11.3 Å². The van der Waals surface area contributed by atoms with Crippen molar-refractivity contribution in [3.8, 4) is 0 Å². The normalized spacial score (nSPS) is 11.6. The van der Waals surface area contributed by atoms with E-state index in [9.17, 15) is 13.2 Å². The lowest BCUT2D eigenvalue weighted by molar-refractivity contribution is -0.119. The number of aromatic nitrogens is 2. The average molecular weight is 311 g/mol. The fourth-order valence-corrected chi connectivity index (χ4v) is 3.54. The van der Waals surface area contributed by atoms with Gasteiger partial charge in [0.2, 0.25) is 5.91 Å². The lowest BCUT2D eigenvalue weighted by Gasteiger charge is -2.07. The highest BCUT2D eigenvalue weighted by Gasteiger charge is 2.25. The van der Waals surface area contributed by atoms with Crippen LogP contribution in [-0.4, -0.2) is 24.1 Å². The fraction of sp³-hybridized carbons (Fsp3) is 0.385. The molecular formula is C13H17N3O4S. The minimum Gasteiger partial charge on any atom is -0.469 e. The van der Waals surface area contributed by atoms with Gasteiger partial charge in [-0.3, -0.25) is 9.48 Å². The molecule has 1 amide bonds. The Morgan fingerprint density at radius 3 is 2.67 bits per heavy atom. The third kappa shape index (κ3) is 3.33. The summed E-state index contributed by atoms with van der Waals surface area (Å²) in [4.78, 5) is 11.8. The molecule has 0 unspecified atom stereocenters. The van der Waals surface area contributed by atoms with Crippen LogP contribution in [0, 0.1) is 13.8 Å². The molecule has 0 aliphatic carbocycles. The first-order chi connectivity index (χ1) is 9.81. The monoisotopic (exact) mass is 311 g/mol. The van der Waals surface area contributed by atoms with Gasteiger partial charge in [-0.05, 0) is 26.0 Å². The van der Waals surface area contributed by atoms with Gasteiger partial charge in [0.25, 0.3) is 10.0 Å². The Hall–Kier alpha value is -2.09. The molecule has 0 spiro atoms. The van der Waals surface area contributed by atoms with Crippen molar-refractivity contribution < 1.29 is 17.6 Å². The Balaban J connectivity index is 2.08. The van der Waals surface area contributed by atoms with E-state index in [1.807, 2.05) is 0 Å². The smallest absolute Gasteiger partial charge is 0.267 e. The number of nitrogens with one attached hydrogen (secondary N) is 1. The van der Waals surface area contributed by atoms with Crippen molar-refractivity contribution in [2.75, 3.05) is 0 Å². The number of sulfonamides is 1. The van der Waals surface area contributed by atoms with Crippen LogP contribution in [0.25, 0.3) is 0 Å². The third-order valence-electron chi connectivity index (χ3n) is 3.14. The molecule has 0 atom stereocenters. The molecule has 0 aliphatic rings. The van der Waals surface area contributed by atoms with E-state index < -0.39 is 15.9 Å². The zero-order valence-corrected chi connectivity index (χ0v) is 12.9. The first-order valence-corrected chi connectivity index (χ1v) is 7.88. The quantitative estimate of drug-likeness (QED) is 0.891. The maximum absolute atomic E-state index is 12.3. The van der Waals surface area contributed by atoms with Crippen molar-refractivity contribution >= 4 is 15.9 Å². The van der Waals surface area contributed by atoms with Gasteiger partial charge in [0.15, 0.2) is 0 Å². The molecule has 21 heavy (non-hydrogen) atoms. The summed E-state index contributed by atoms with van der Waals surface area (Å²) in [5.41, 5.74) is 0.847. The zero-order chi connectivity index (χ0) is 15.6. The van der Waals surface area contributed by atoms with E-state index >= 15 is 0 Å². The van der Waals surface area contributed by atoms with Crippen LogP contribution in [0.15, 0.2) is 27.7 Å². The third-order valence-corrected chi connectivity index (χ3v) is 4.76. The molecule has 2 rings (SSSR count). The van der Waals surface area contributed by atoms with Gasteiger partial charge in [-0.25, -0.2) is 13.1 Å². The van der Waals surface area contributed by atoms with Crippen LogP contribution in [0.1, 0.15) is 23.6 Å². The van der Waals surface area contributed by atoms with E-state index in [0.717, 1.165) is 0 Å². The average Bonchev–Trinajstić information content (AvgIpc) is 2.96. The Bertz CT molecular complexity index is 745. The number of nitrogens with zero attached hydrogens (tertiary/aromatic N) is 2. The number of hydrogen-bond acceptors (Lipinski definition) is 5. The van der Waals surface area contributed by atoms with Crippen LogP contribution in [0.2, 0.25) is 0 Å². The Morgan fingerprint density at radius 1 is 1.43 bits per heavy atom. The molecule has 7 nitrogen and oxygen atoms in total. The Kier molecular flexibility index (Phi) is 4.17. The summed E-state index contributed by atoms with van der Waals surface area (Å²) in [5.74, 6) is 0.0605. The molecular weight excluding hydrogens is 294 g/mol. The molecule has 0 saturated carbocycles. The maximum Gasteiger partial charge on any atom is 0.267 e. The summed E-state index contributed by atoms with van der Waals surface area (Å²) in [7, 11) is -2.25. The number of rotatable bonds is 5. The van der Waals surface area contributed by atoms with Crippen LogP contribution in [0.5, 0.6) is 0 Å². The summed E-state index contributed by atoms with van der Waals surface area (Å²) >= 11 is 0. The second-order valence-electron chi connectivity index (χ2n) is 4.73. The van der Waals surface area contributed by atoms with Crippen molar-refractivity contribution in [2.45, 2.75) is 31.6 Å². The van der Waals surface area contributed by atoms with Crippen molar-refractivity contribution in [3.63, 3.8) is 0 Å². The van der Waals surface area contributed by atoms with Gasteiger partial charge in [-0.2, -0.15) is 5.10 Å². The minimum absolute atomic E-state index is 0.0328. The molecule has 8 heteroatoms. The number of furan rings is 1. The highest BCUT2D eigenvalue weighted by Crippen LogP contribution is 2.18. The number of hydrogen-bond donors (Lipinski definition) is 1. The van der Waals surface area contributed by atoms with E-state index in [4.69, 9.17) is 4.42 Å². The lowest BCUT2D eigenvalue weighted by atomic mass is 10.2. The predicted molar refractivity (Wildman–Crippen MR) is 75.0 cm³/mol. The second-order valence-corrected chi connectivity index (χ2v) is 6.35. The molecule has 114 valence electrons. The van der Waals surface area contributed by atoms with Crippen molar-refractivity contribution in [1.82, 2.24) is 14.5 Å². The molecule has 0 radical (unpaired) electrons. The highest BCUT2D eigenvalue weighted by atomic mass is 32.2. The van der Waals surface area contributed by atoms with E-state index in [1.54, 1.807) is 33.0 Å². The first kappa shape index (κ1) is 15.3. The number of carbonyl (C=O) groups excluding carboxylic acids is 1. The highest BCUT2D eigenvalue weighted by molar-refractivity contribution is 7.90. The minimum atomic E-state index is -3.90. The topological polar surface area (TPSA) is 94.2 Å². The largest absolute Gasteiger partial charge is 0.469 e. The summed E-state index contributed by atoms with van der Waals surface area (Å²) in [6.07, 6.45) is 1.89. The van der Waals surface area contributed by atoms with Gasteiger partial charge >= 0.3 is 0 Å². The molecule has 0 saturated heterocycles. The van der Waals surface area contributed by atoms with E-state index in [1.165, 1.54) is 10.9 Å². The first-order valence-electron chi connectivity index (χ1n) is 6.39. The van der Waals surface area contributed by atoms with Gasteiger partial charge in [0, 0.05) is 19.9 Å². The van der Waals surface area contributed by atoms with Crippen LogP contribution in [0.4, 0.5) is 0 Å². The molecule has 2 aromatic rings. The number of carbonyl (C=O) groups is 1. The van der Waals surface area contributed by atoms with Crippen LogP contribution >= 0.6 is 0 Å². The van der Waals surface area contributed by atoms with E-state index in [2.05, 4.69) is 9.82 Å². The SMILES string of the molecule is Cc1nn(C)c(C)c1S(=O)(=O)NC(=O)CCc1ccco1. The number of aryl methyl sites for hydroxylation is 3. The van der Waals surface area contributed by atoms with Gasteiger partial charge < -0.3 is 4.42 Å². The molecule has 0 aliphatic heterocycles. The Morgan fingerprint density at radius 2 is 2.14 bits per heavy atom. The fourth-order valence-electron chi connectivity index (χ4n) is 2.09. The Labute approximate surface area is 123 Å². The predicted octanol–water partition coefficient (Wildman–Crippen LogP) is 1.07. The van der Waals surface area contributed by atoms with Crippen molar-refractivity contribution in [1.29, 1.82) is 0 Å². The van der Waals surface area contributed by atoms with Gasteiger partial charge in [-0.15, -0.1) is 0 Å². The van der Waals surface area contributed by atoms with Gasteiger partial charge in [0.05, 0.1) is 17.7 Å². The standard InChI is InChI=1S/C13H17N3O4S/c1-9-13(10(2)16(3)14-9)21(18,19)15-12(17)7-6-11-5-4-8-20-11/h4-5,8H,6-7H2,1-3H3,(H,15,17). The van der Waals surface area contributed by atoms with Crippen LogP contribution in [0.3, 0.4) is 0 Å². The number of amides is 1. The summed E-state index contributed by atoms with van der Waals surface area (Å²) in [5, 5.41) is 4.04.